The Hall–Kier alpha value is -0.260. The first kappa shape index (κ1) is 14.7. The van der Waals surface area contributed by atoms with Crippen molar-refractivity contribution in [2.24, 2.45) is 5.92 Å². The van der Waals surface area contributed by atoms with Crippen LogP contribution in [0.5, 0.6) is 0 Å². The zero-order valence-corrected chi connectivity index (χ0v) is 10.3. The van der Waals surface area contributed by atoms with Crippen molar-refractivity contribution in [1.29, 1.82) is 0 Å². The van der Waals surface area contributed by atoms with Gasteiger partial charge < -0.3 is 15.2 Å². The van der Waals surface area contributed by atoms with Crippen molar-refractivity contribution in [3.8, 4) is 0 Å². The molecule has 0 saturated heterocycles. The van der Waals surface area contributed by atoms with Crippen LogP contribution in [0.15, 0.2) is 0 Å². The SMILES string of the molecule is COCCSCC(=O)NCC(C)CCO. The van der Waals surface area contributed by atoms with Crippen molar-refractivity contribution in [2.45, 2.75) is 13.3 Å². The van der Waals surface area contributed by atoms with Crippen molar-refractivity contribution in [3.05, 3.63) is 0 Å². The second kappa shape index (κ2) is 10.3. The van der Waals surface area contributed by atoms with E-state index in [0.29, 0.717) is 24.8 Å². The van der Waals surface area contributed by atoms with Crippen molar-refractivity contribution >= 4 is 17.7 Å². The third-order valence-corrected chi connectivity index (χ3v) is 2.86. The number of hydrogen-bond donors (Lipinski definition) is 2. The van der Waals surface area contributed by atoms with Gasteiger partial charge in [0.2, 0.25) is 5.91 Å². The number of methoxy groups -OCH3 is 1. The highest BCUT2D eigenvalue weighted by Crippen LogP contribution is 2.00. The Kier molecular flexibility index (Phi) is 10.1. The molecule has 0 spiro atoms. The predicted molar refractivity (Wildman–Crippen MR) is 63.1 cm³/mol. The average Bonchev–Trinajstić information content (AvgIpc) is 2.22. The van der Waals surface area contributed by atoms with E-state index in [1.807, 2.05) is 6.92 Å². The molecule has 0 rings (SSSR count). The summed E-state index contributed by atoms with van der Waals surface area (Å²) >= 11 is 1.56. The van der Waals surface area contributed by atoms with Crippen LogP contribution < -0.4 is 5.32 Å². The van der Waals surface area contributed by atoms with E-state index in [1.165, 1.54) is 0 Å². The summed E-state index contributed by atoms with van der Waals surface area (Å²) in [7, 11) is 1.65. The van der Waals surface area contributed by atoms with Gasteiger partial charge in [-0.25, -0.2) is 0 Å². The van der Waals surface area contributed by atoms with Crippen LogP contribution in [0.25, 0.3) is 0 Å². The molecule has 2 N–H and O–H groups in total. The molecule has 0 radical (unpaired) electrons. The minimum Gasteiger partial charge on any atom is -0.396 e. The molecule has 0 aliphatic heterocycles. The number of hydrogen-bond acceptors (Lipinski definition) is 4. The fourth-order valence-electron chi connectivity index (χ4n) is 0.969. The maximum absolute atomic E-state index is 11.3. The van der Waals surface area contributed by atoms with Crippen LogP contribution in [0, 0.1) is 5.92 Å². The van der Waals surface area contributed by atoms with Gasteiger partial charge in [0.1, 0.15) is 0 Å². The summed E-state index contributed by atoms with van der Waals surface area (Å²) < 4.78 is 4.87. The summed E-state index contributed by atoms with van der Waals surface area (Å²) in [5.74, 6) is 1.72. The first-order valence-corrected chi connectivity index (χ1v) is 6.30. The van der Waals surface area contributed by atoms with E-state index in [0.717, 1.165) is 12.2 Å². The molecule has 1 amide bonds. The summed E-state index contributed by atoms with van der Waals surface area (Å²) in [5.41, 5.74) is 0. The lowest BCUT2D eigenvalue weighted by Gasteiger charge is -2.10. The maximum atomic E-state index is 11.3. The van der Waals surface area contributed by atoms with E-state index in [2.05, 4.69) is 5.32 Å². The first-order valence-electron chi connectivity index (χ1n) is 5.15. The van der Waals surface area contributed by atoms with Crippen molar-refractivity contribution < 1.29 is 14.6 Å². The predicted octanol–water partition coefficient (Wildman–Crippen LogP) is 0.501. The van der Waals surface area contributed by atoms with Gasteiger partial charge in [-0.1, -0.05) is 6.92 Å². The topological polar surface area (TPSA) is 58.6 Å². The Morgan fingerprint density at radius 3 is 2.93 bits per heavy atom. The van der Waals surface area contributed by atoms with E-state index in [4.69, 9.17) is 9.84 Å². The van der Waals surface area contributed by atoms with E-state index in [9.17, 15) is 4.79 Å². The number of carbonyl (C=O) groups excluding carboxylic acids is 1. The Morgan fingerprint density at radius 2 is 2.33 bits per heavy atom. The van der Waals surface area contributed by atoms with Crippen LogP contribution in [-0.4, -0.2) is 49.4 Å². The van der Waals surface area contributed by atoms with Gasteiger partial charge in [-0.3, -0.25) is 4.79 Å². The third kappa shape index (κ3) is 10.0. The Bertz CT molecular complexity index is 167. The lowest BCUT2D eigenvalue weighted by Crippen LogP contribution is -2.30. The van der Waals surface area contributed by atoms with Gasteiger partial charge in [0.05, 0.1) is 12.4 Å². The number of rotatable bonds is 9. The quantitative estimate of drug-likeness (QED) is 0.571. The molecule has 15 heavy (non-hydrogen) atoms. The molecule has 4 nitrogen and oxygen atoms in total. The monoisotopic (exact) mass is 235 g/mol. The van der Waals surface area contributed by atoms with Gasteiger partial charge in [-0.15, -0.1) is 11.8 Å². The van der Waals surface area contributed by atoms with Gasteiger partial charge in [0.15, 0.2) is 0 Å². The molecule has 0 aromatic rings. The summed E-state index contributed by atoms with van der Waals surface area (Å²) in [6.45, 7) is 3.51. The Morgan fingerprint density at radius 1 is 1.60 bits per heavy atom. The number of thioether (sulfide) groups is 1. The van der Waals surface area contributed by atoms with Crippen molar-refractivity contribution in [3.63, 3.8) is 0 Å². The van der Waals surface area contributed by atoms with Gasteiger partial charge in [0, 0.05) is 26.0 Å². The maximum Gasteiger partial charge on any atom is 0.230 e. The molecular formula is C10H21NO3S. The fraction of sp³-hybridized carbons (Fsp3) is 0.900. The highest BCUT2D eigenvalue weighted by atomic mass is 32.2. The summed E-state index contributed by atoms with van der Waals surface area (Å²) in [6.07, 6.45) is 0.733. The number of carbonyl (C=O) groups is 1. The second-order valence-electron chi connectivity index (χ2n) is 3.47. The summed E-state index contributed by atoms with van der Waals surface area (Å²) in [4.78, 5) is 11.3. The minimum absolute atomic E-state index is 0.0564. The molecular weight excluding hydrogens is 214 g/mol. The lowest BCUT2D eigenvalue weighted by atomic mass is 10.1. The summed E-state index contributed by atoms with van der Waals surface area (Å²) in [5, 5.41) is 11.5. The molecule has 5 heteroatoms. The van der Waals surface area contributed by atoms with E-state index >= 15 is 0 Å². The fourth-order valence-corrected chi connectivity index (χ4v) is 1.68. The van der Waals surface area contributed by atoms with Gasteiger partial charge in [0.25, 0.3) is 0 Å². The molecule has 0 aromatic heterocycles. The van der Waals surface area contributed by atoms with E-state index < -0.39 is 0 Å². The average molecular weight is 235 g/mol. The van der Waals surface area contributed by atoms with Crippen LogP contribution >= 0.6 is 11.8 Å². The number of ether oxygens (including phenoxy) is 1. The van der Waals surface area contributed by atoms with Gasteiger partial charge in [-0.2, -0.15) is 0 Å². The zero-order valence-electron chi connectivity index (χ0n) is 9.49. The molecule has 0 heterocycles. The van der Waals surface area contributed by atoms with Crippen LogP contribution in [0.1, 0.15) is 13.3 Å². The minimum atomic E-state index is 0.0564. The first-order chi connectivity index (χ1) is 7.20. The Balaban J connectivity index is 3.32. The van der Waals surface area contributed by atoms with Crippen LogP contribution in [0.2, 0.25) is 0 Å². The smallest absolute Gasteiger partial charge is 0.230 e. The molecule has 0 fully saturated rings. The van der Waals surface area contributed by atoms with E-state index in [-0.39, 0.29) is 12.5 Å². The Labute approximate surface area is 95.8 Å². The lowest BCUT2D eigenvalue weighted by molar-refractivity contribution is -0.118. The third-order valence-electron chi connectivity index (χ3n) is 1.93. The van der Waals surface area contributed by atoms with Gasteiger partial charge in [-0.05, 0) is 12.3 Å². The molecule has 0 bridgehead atoms. The molecule has 1 atom stereocenters. The highest BCUT2D eigenvalue weighted by Gasteiger charge is 2.04. The second-order valence-corrected chi connectivity index (χ2v) is 4.57. The van der Waals surface area contributed by atoms with Crippen molar-refractivity contribution in [1.82, 2.24) is 5.32 Å². The normalized spacial score (nSPS) is 12.5. The zero-order chi connectivity index (χ0) is 11.5. The summed E-state index contributed by atoms with van der Waals surface area (Å²) in [6, 6.07) is 0. The largest absolute Gasteiger partial charge is 0.396 e. The van der Waals surface area contributed by atoms with Crippen LogP contribution in [-0.2, 0) is 9.53 Å². The number of nitrogens with one attached hydrogen (secondary N) is 1. The highest BCUT2D eigenvalue weighted by molar-refractivity contribution is 7.99. The molecule has 0 saturated carbocycles. The number of aliphatic hydroxyl groups is 1. The molecule has 0 aromatic carbocycles. The molecule has 90 valence electrons. The number of aliphatic hydroxyl groups excluding tert-OH is 1. The van der Waals surface area contributed by atoms with Crippen molar-refractivity contribution in [2.75, 3.05) is 38.4 Å². The number of amides is 1. The molecule has 0 aliphatic rings. The van der Waals surface area contributed by atoms with E-state index in [1.54, 1.807) is 18.9 Å². The molecule has 0 aliphatic carbocycles. The van der Waals surface area contributed by atoms with Crippen LogP contribution in [0.4, 0.5) is 0 Å². The standard InChI is InChI=1S/C10H21NO3S/c1-9(3-4-12)7-11-10(13)8-15-6-5-14-2/h9,12H,3-8H2,1-2H3,(H,11,13). The van der Waals surface area contributed by atoms with Gasteiger partial charge >= 0.3 is 0 Å². The van der Waals surface area contributed by atoms with Crippen LogP contribution in [0.3, 0.4) is 0 Å². The molecule has 1 unspecified atom stereocenters.